The average molecular weight is 450 g/mol. The number of piperidine rings is 1. The standard InChI is InChI=1S/C18H21N3O6.C3H8.C2H6/c1-24-15-8-13-11(9-19-10-20-13)6-16(15)27-12-4-5-21(18(23)26-3)14(7-12)17(22)25-2;1-3-2;1-2/h6,8-10,12,14H,4-5,7H2,1-3H3;3H2,1-2H3;1-2H3. The van der Waals surface area contributed by atoms with Crippen molar-refractivity contribution in [1.29, 1.82) is 0 Å². The second-order valence-corrected chi connectivity index (χ2v) is 6.76. The van der Waals surface area contributed by atoms with Crippen LogP contribution in [0.2, 0.25) is 0 Å². The van der Waals surface area contributed by atoms with E-state index < -0.39 is 18.1 Å². The van der Waals surface area contributed by atoms with Crippen molar-refractivity contribution >= 4 is 23.0 Å². The molecular formula is C23H35N3O6. The second kappa shape index (κ2) is 14.1. The predicted molar refractivity (Wildman–Crippen MR) is 122 cm³/mol. The minimum absolute atomic E-state index is 0.286. The van der Waals surface area contributed by atoms with E-state index >= 15 is 0 Å². The number of fused-ring (bicyclic) bond motifs is 1. The summed E-state index contributed by atoms with van der Waals surface area (Å²) in [6, 6.07) is 2.80. The highest BCUT2D eigenvalue weighted by molar-refractivity contribution is 5.82. The van der Waals surface area contributed by atoms with Gasteiger partial charge in [-0.1, -0.05) is 34.1 Å². The normalized spacial score (nSPS) is 17.2. The molecule has 3 rings (SSSR count). The zero-order chi connectivity index (χ0) is 24.1. The lowest BCUT2D eigenvalue weighted by Gasteiger charge is -2.36. The summed E-state index contributed by atoms with van der Waals surface area (Å²) in [6.45, 7) is 8.57. The minimum atomic E-state index is -0.768. The summed E-state index contributed by atoms with van der Waals surface area (Å²) in [5.41, 5.74) is 0.738. The maximum absolute atomic E-state index is 12.1. The van der Waals surface area contributed by atoms with Gasteiger partial charge in [0.15, 0.2) is 11.5 Å². The molecule has 1 aromatic heterocycles. The highest BCUT2D eigenvalue weighted by Gasteiger charge is 2.38. The lowest BCUT2D eigenvalue weighted by molar-refractivity contribution is -0.148. The Hall–Kier alpha value is -3.10. The molecule has 2 aromatic rings. The van der Waals surface area contributed by atoms with Crippen LogP contribution < -0.4 is 9.47 Å². The molecule has 0 saturated carbocycles. The number of ether oxygens (including phenoxy) is 4. The summed E-state index contributed by atoms with van der Waals surface area (Å²) >= 11 is 0. The Bertz CT molecular complexity index is 861. The van der Waals surface area contributed by atoms with Crippen molar-refractivity contribution < 1.29 is 28.5 Å². The number of carbonyl (C=O) groups excluding carboxylic acids is 2. The Labute approximate surface area is 190 Å². The number of benzene rings is 1. The van der Waals surface area contributed by atoms with Crippen molar-refractivity contribution in [1.82, 2.24) is 14.9 Å². The molecule has 0 N–H and O–H groups in total. The van der Waals surface area contributed by atoms with Crippen molar-refractivity contribution in [3.63, 3.8) is 0 Å². The number of amides is 1. The average Bonchev–Trinajstić information content (AvgIpc) is 2.84. The molecule has 0 aliphatic carbocycles. The topological polar surface area (TPSA) is 100 Å². The molecule has 2 heterocycles. The maximum Gasteiger partial charge on any atom is 0.410 e. The van der Waals surface area contributed by atoms with E-state index in [2.05, 4.69) is 23.8 Å². The molecular weight excluding hydrogens is 414 g/mol. The van der Waals surface area contributed by atoms with Gasteiger partial charge in [-0.15, -0.1) is 0 Å². The molecule has 32 heavy (non-hydrogen) atoms. The highest BCUT2D eigenvalue weighted by Crippen LogP contribution is 2.34. The van der Waals surface area contributed by atoms with Gasteiger partial charge in [0.05, 0.1) is 26.8 Å². The van der Waals surface area contributed by atoms with Crippen LogP contribution in [0.4, 0.5) is 4.79 Å². The fourth-order valence-electron chi connectivity index (χ4n) is 3.16. The fraction of sp³-hybridized carbons (Fsp3) is 0.565. The van der Waals surface area contributed by atoms with Crippen molar-refractivity contribution in [2.75, 3.05) is 27.9 Å². The third-order valence-corrected chi connectivity index (χ3v) is 4.52. The largest absolute Gasteiger partial charge is 0.493 e. The smallest absolute Gasteiger partial charge is 0.410 e. The number of methoxy groups -OCH3 is 3. The fourth-order valence-corrected chi connectivity index (χ4v) is 3.16. The number of carbonyl (C=O) groups is 2. The molecule has 9 nitrogen and oxygen atoms in total. The molecule has 1 aliphatic heterocycles. The van der Waals surface area contributed by atoms with Crippen LogP contribution in [0.1, 0.15) is 47.0 Å². The third kappa shape index (κ3) is 6.96. The maximum atomic E-state index is 12.1. The molecule has 1 amide bonds. The van der Waals surface area contributed by atoms with Gasteiger partial charge in [-0.2, -0.15) is 0 Å². The lowest BCUT2D eigenvalue weighted by atomic mass is 9.99. The summed E-state index contributed by atoms with van der Waals surface area (Å²) in [5, 5.41) is 0.810. The van der Waals surface area contributed by atoms with Crippen LogP contribution in [0.15, 0.2) is 24.7 Å². The summed E-state index contributed by atoms with van der Waals surface area (Å²) in [4.78, 5) is 33.6. The van der Waals surface area contributed by atoms with Crippen molar-refractivity contribution in [3.8, 4) is 11.5 Å². The van der Waals surface area contributed by atoms with Gasteiger partial charge in [-0.05, 0) is 6.07 Å². The first-order valence-corrected chi connectivity index (χ1v) is 10.9. The van der Waals surface area contributed by atoms with Crippen LogP contribution in [-0.2, 0) is 14.3 Å². The van der Waals surface area contributed by atoms with E-state index in [9.17, 15) is 9.59 Å². The summed E-state index contributed by atoms with van der Waals surface area (Å²) < 4.78 is 21.1. The number of hydrogen-bond acceptors (Lipinski definition) is 8. The minimum Gasteiger partial charge on any atom is -0.493 e. The van der Waals surface area contributed by atoms with Gasteiger partial charge >= 0.3 is 12.1 Å². The predicted octanol–water partition coefficient (Wildman–Crippen LogP) is 4.23. The van der Waals surface area contributed by atoms with Crippen LogP contribution >= 0.6 is 0 Å². The number of rotatable bonds is 4. The van der Waals surface area contributed by atoms with Crippen LogP contribution in [0.5, 0.6) is 11.5 Å². The molecule has 2 unspecified atom stereocenters. The SMILES string of the molecule is CC.CCC.COC(=O)C1CC(Oc2cc3cncnc3cc2OC)CCN1C(=O)OC. The number of likely N-dealkylation sites (tertiary alicyclic amines) is 1. The first-order chi connectivity index (χ1) is 15.5. The van der Waals surface area contributed by atoms with Gasteiger partial charge in [0.1, 0.15) is 18.5 Å². The van der Waals surface area contributed by atoms with Gasteiger partial charge in [-0.3, -0.25) is 4.90 Å². The number of nitrogens with zero attached hydrogens (tertiary/aromatic N) is 3. The van der Waals surface area contributed by atoms with Gasteiger partial charge in [-0.25, -0.2) is 19.6 Å². The highest BCUT2D eigenvalue weighted by atomic mass is 16.6. The van der Waals surface area contributed by atoms with Crippen LogP contribution in [0.3, 0.4) is 0 Å². The van der Waals surface area contributed by atoms with Crippen LogP contribution in [0.25, 0.3) is 10.9 Å². The van der Waals surface area contributed by atoms with Crippen LogP contribution in [-0.4, -0.2) is 67.0 Å². The van der Waals surface area contributed by atoms with E-state index in [0.717, 1.165) is 10.9 Å². The Morgan fingerprint density at radius 1 is 1.09 bits per heavy atom. The van der Waals surface area contributed by atoms with E-state index in [4.69, 9.17) is 18.9 Å². The second-order valence-electron chi connectivity index (χ2n) is 6.76. The van der Waals surface area contributed by atoms with Gasteiger partial charge in [0.25, 0.3) is 0 Å². The summed E-state index contributed by atoms with van der Waals surface area (Å²) in [6.07, 6.45) is 4.36. The Kier molecular flexibility index (Phi) is 11.8. The van der Waals surface area contributed by atoms with Gasteiger partial charge < -0.3 is 18.9 Å². The molecule has 1 aromatic carbocycles. The zero-order valence-corrected chi connectivity index (χ0v) is 20.1. The summed E-state index contributed by atoms with van der Waals surface area (Å²) in [7, 11) is 4.11. The van der Waals surface area contributed by atoms with Gasteiger partial charge in [0, 0.05) is 37.0 Å². The molecule has 1 fully saturated rings. The number of aromatic nitrogens is 2. The third-order valence-electron chi connectivity index (χ3n) is 4.52. The zero-order valence-electron chi connectivity index (χ0n) is 20.1. The molecule has 1 aliphatic rings. The number of esters is 1. The molecule has 9 heteroatoms. The molecule has 0 radical (unpaired) electrons. The Morgan fingerprint density at radius 3 is 2.38 bits per heavy atom. The van der Waals surface area contributed by atoms with Crippen molar-refractivity contribution in [3.05, 3.63) is 24.7 Å². The van der Waals surface area contributed by atoms with E-state index in [-0.39, 0.29) is 12.5 Å². The first kappa shape index (κ1) is 26.9. The monoisotopic (exact) mass is 449 g/mol. The Balaban J connectivity index is 0.000000944. The van der Waals surface area contributed by atoms with Gasteiger partial charge in [0.2, 0.25) is 0 Å². The van der Waals surface area contributed by atoms with E-state index in [1.54, 1.807) is 25.4 Å². The molecule has 1 saturated heterocycles. The van der Waals surface area contributed by atoms with E-state index in [1.165, 1.54) is 31.9 Å². The van der Waals surface area contributed by atoms with Crippen molar-refractivity contribution in [2.24, 2.45) is 0 Å². The molecule has 2 atom stereocenters. The lowest BCUT2D eigenvalue weighted by Crippen LogP contribution is -2.52. The Morgan fingerprint density at radius 2 is 1.78 bits per heavy atom. The molecule has 0 spiro atoms. The van der Waals surface area contributed by atoms with Crippen LogP contribution in [0, 0.1) is 0 Å². The quantitative estimate of drug-likeness (QED) is 0.639. The molecule has 0 bridgehead atoms. The van der Waals surface area contributed by atoms with E-state index in [1.807, 2.05) is 13.8 Å². The molecule has 178 valence electrons. The van der Waals surface area contributed by atoms with Crippen molar-refractivity contribution in [2.45, 2.75) is 59.1 Å². The number of hydrogen-bond donors (Lipinski definition) is 0. The first-order valence-electron chi connectivity index (χ1n) is 10.9. The summed E-state index contributed by atoms with van der Waals surface area (Å²) in [5.74, 6) is 0.554. The van der Waals surface area contributed by atoms with E-state index in [0.29, 0.717) is 24.5 Å².